The Bertz CT molecular complexity index is 3770. The maximum atomic E-state index is 7.61. The van der Waals surface area contributed by atoms with E-state index in [4.69, 9.17) is 29.8 Å². The number of amidine groups is 3. The van der Waals surface area contributed by atoms with E-state index < -0.39 is 0 Å². The van der Waals surface area contributed by atoms with Crippen molar-refractivity contribution in [1.82, 2.24) is 101 Å². The second-order valence-corrected chi connectivity index (χ2v) is 54.0. The summed E-state index contributed by atoms with van der Waals surface area (Å²) in [6.45, 7) is 90.7. The summed E-state index contributed by atoms with van der Waals surface area (Å²) in [7, 11) is 18.7. The Morgan fingerprint density at radius 3 is 0.602 bits per heavy atom. The molecule has 0 spiro atoms. The number of piperidine rings is 8. The van der Waals surface area contributed by atoms with Gasteiger partial charge in [0.1, 0.15) is 17.5 Å². The Labute approximate surface area is 815 Å². The first kappa shape index (κ1) is 109. The van der Waals surface area contributed by atoms with Crippen molar-refractivity contribution in [2.45, 2.75) is 534 Å². The highest BCUT2D eigenvalue weighted by Gasteiger charge is 2.55. The fourth-order valence-electron chi connectivity index (χ4n) is 27.1. The molecule has 26 nitrogen and oxygen atoms in total. The third-order valence-corrected chi connectivity index (χ3v) is 37.0. The first-order chi connectivity index (χ1) is 60.9. The van der Waals surface area contributed by atoms with Crippen molar-refractivity contribution in [1.29, 1.82) is 0 Å². The van der Waals surface area contributed by atoms with Gasteiger partial charge in [-0.25, -0.2) is 30.8 Å². The number of nitrogens with zero attached hydrogens (tertiary/aromatic N) is 20. The van der Waals surface area contributed by atoms with E-state index in [0.717, 1.165) is 235 Å². The highest BCUT2D eigenvalue weighted by atomic mass is 16.8. The lowest BCUT2D eigenvalue weighted by atomic mass is 9.76. The van der Waals surface area contributed by atoms with Gasteiger partial charge in [-0.05, 0) is 413 Å². The van der Waals surface area contributed by atoms with Crippen molar-refractivity contribution < 1.29 is 14.5 Å². The normalized spacial score (nSPS) is 27.9. The van der Waals surface area contributed by atoms with Gasteiger partial charge in [-0.1, -0.05) is 55.9 Å². The smallest absolute Gasteiger partial charge is 0.157 e. The second-order valence-electron chi connectivity index (χ2n) is 54.0. The molecule has 0 amide bonds. The van der Waals surface area contributed by atoms with Crippen molar-refractivity contribution in [3.8, 4) is 0 Å². The predicted octanol–water partition coefficient (Wildman–Crippen LogP) is 18.9. The van der Waals surface area contributed by atoms with E-state index in [9.17, 15) is 0 Å². The summed E-state index contributed by atoms with van der Waals surface area (Å²) in [6, 6.07) is 0.987. The largest absolute Gasteiger partial charge is 0.357 e. The van der Waals surface area contributed by atoms with E-state index in [0.29, 0.717) is 0 Å². The standard InChI is InChI=1S/C107H205N23O3/c1-44-47-54-123(78-62-92(4,5)114(36)93(6,7)63-78)87-59-86(108-128(109-87)131-83-72-102(24,25)119(41)103(26,27)73-83)122(52-50-57-126(81-68-98(16,17)117(39)99(18,19)69-81)90-60-88(110-129(112-90)132-84-74-104(28,29)120(42)105(30,31)75-84)124(55-48-45-2)79-64-94(8,9)115(37)95(10,11)65-79)53-51-58-127(82-70-100(20,21)118(40)101(22,23)71-82)91-61-89(111-130(113-91)133-85-76-106(32,33)121(43)107(34,35)77-85)125(56-49-46-3)80-66-96(12,13)116(38)97(14,15)67-80/h59-61,78-85,108,112-113H,44-58,62-77H2,1-43H3. The molecule has 3 N–H and O–H groups in total. The van der Waals surface area contributed by atoms with Crippen molar-refractivity contribution >= 4 is 17.5 Å². The minimum absolute atomic E-state index is 0.0494. The predicted molar refractivity (Wildman–Crippen MR) is 555 cm³/mol. The van der Waals surface area contributed by atoms with Crippen LogP contribution in [0.2, 0.25) is 0 Å². The maximum absolute atomic E-state index is 7.61. The molecule has 11 aliphatic rings. The Morgan fingerprint density at radius 2 is 0.406 bits per heavy atom. The SMILES string of the molecule is CCCCN(C1=NN(OC2CC(C)(C)N(C)C(C)(C)C2)NC(N(CCCN(C2=CC(N(CCCC)C3CC(C)(C)N(C)C(C)(C)C3)=NN(OC3CC(C)(C)N(C)C(C)(C)C3)N2)C2CC(C)(C)N(C)C(C)(C)C2)CCCN(C2=CC(N(CCCC)C3CC(C)(C)N(C)C(C)(C)C3)=NN(OC3CC(C)(C)N(C)C(C)(C)C3)N2)C2CC(C)(C)N(C)C(C)(C)C2)=C1)C1CC(C)(C)N(C)C(C)(C)C1. The van der Waals surface area contributed by atoms with Gasteiger partial charge < -0.3 is 29.4 Å². The van der Waals surface area contributed by atoms with Crippen LogP contribution in [0.25, 0.3) is 0 Å². The summed E-state index contributed by atoms with van der Waals surface area (Å²) >= 11 is 0. The molecule has 0 atom stereocenters. The Balaban J connectivity index is 1.08. The first-order valence-corrected chi connectivity index (χ1v) is 53.0. The molecule has 0 aromatic rings. The summed E-state index contributed by atoms with van der Waals surface area (Å²) in [5.74, 6) is 6.03. The molecule has 0 bridgehead atoms. The molecule has 0 aromatic heterocycles. The third kappa shape index (κ3) is 24.3. The number of unbranched alkanes of at least 4 members (excludes halogenated alkanes) is 3. The van der Waals surface area contributed by atoms with Crippen LogP contribution < -0.4 is 16.3 Å². The molecule has 0 radical (unpaired) electrons. The second kappa shape index (κ2) is 39.4. The van der Waals surface area contributed by atoms with Crippen LogP contribution >= 0.6 is 0 Å². The minimum Gasteiger partial charge on any atom is -0.357 e. The summed E-state index contributed by atoms with van der Waals surface area (Å²) in [4.78, 5) is 60.1. The maximum Gasteiger partial charge on any atom is 0.157 e. The van der Waals surface area contributed by atoms with E-state index in [-0.39, 0.29) is 137 Å². The van der Waals surface area contributed by atoms with Gasteiger partial charge in [-0.3, -0.25) is 39.2 Å². The highest BCUT2D eigenvalue weighted by Crippen LogP contribution is 2.49. The minimum atomic E-state index is -0.132. The fraction of sp³-hybridized carbons (Fsp3) is 0.916. The summed E-state index contributed by atoms with van der Waals surface area (Å²) in [5.41, 5.74) is 10.7. The van der Waals surface area contributed by atoms with Crippen LogP contribution in [0.3, 0.4) is 0 Å². The summed E-state index contributed by atoms with van der Waals surface area (Å²) < 4.78 is 0. The Hall–Kier alpha value is -4.61. The molecule has 11 aliphatic heterocycles. The molecule has 0 saturated carbocycles. The van der Waals surface area contributed by atoms with Gasteiger partial charge in [-0.15, -0.1) is 15.3 Å². The van der Waals surface area contributed by atoms with Crippen molar-refractivity contribution in [3.05, 3.63) is 35.7 Å². The van der Waals surface area contributed by atoms with E-state index in [1.54, 1.807) is 0 Å². The molecule has 0 aliphatic carbocycles. The zero-order valence-corrected chi connectivity index (χ0v) is 93.9. The van der Waals surface area contributed by atoms with E-state index in [1.807, 2.05) is 15.8 Å². The van der Waals surface area contributed by atoms with Gasteiger partial charge in [-0.2, -0.15) is 0 Å². The monoisotopic (exact) mass is 1860 g/mol. The van der Waals surface area contributed by atoms with Crippen LogP contribution in [0.1, 0.15) is 396 Å². The van der Waals surface area contributed by atoms with Crippen LogP contribution in [-0.2, 0) is 14.5 Å². The van der Waals surface area contributed by atoms with Crippen molar-refractivity contribution in [2.75, 3.05) is 102 Å². The van der Waals surface area contributed by atoms with Gasteiger partial charge >= 0.3 is 0 Å². The van der Waals surface area contributed by atoms with E-state index >= 15 is 0 Å². The van der Waals surface area contributed by atoms with Crippen LogP contribution in [0.5, 0.6) is 0 Å². The molecule has 26 heteroatoms. The molecule has 766 valence electrons. The van der Waals surface area contributed by atoms with Crippen LogP contribution in [-0.4, -0.2) is 341 Å². The molecule has 11 heterocycles. The molecule has 8 fully saturated rings. The van der Waals surface area contributed by atoms with E-state index in [2.05, 4.69) is 402 Å². The lowest BCUT2D eigenvalue weighted by Gasteiger charge is -2.57. The number of rotatable bonds is 31. The topological polar surface area (TPSA) is 156 Å². The number of hydrogen-bond donors (Lipinski definition) is 3. The highest BCUT2D eigenvalue weighted by molar-refractivity contribution is 5.95. The van der Waals surface area contributed by atoms with Gasteiger partial charge in [0.2, 0.25) is 0 Å². The molecule has 0 unspecified atom stereocenters. The zero-order chi connectivity index (χ0) is 99.3. The molecule has 8 saturated heterocycles. The molecule has 11 rings (SSSR count). The first-order valence-electron chi connectivity index (χ1n) is 53.0. The van der Waals surface area contributed by atoms with Crippen molar-refractivity contribution in [3.63, 3.8) is 0 Å². The molecule has 0 aromatic carbocycles. The summed E-state index contributed by atoms with van der Waals surface area (Å²) in [5, 5.41) is 22.9. The summed E-state index contributed by atoms with van der Waals surface area (Å²) in [6.07, 6.45) is 30.2. The average Bonchev–Trinajstić information content (AvgIpc) is 0.757. The van der Waals surface area contributed by atoms with Crippen LogP contribution in [0, 0.1) is 0 Å². The van der Waals surface area contributed by atoms with Crippen LogP contribution in [0.4, 0.5) is 0 Å². The zero-order valence-electron chi connectivity index (χ0n) is 93.9. The number of likely N-dealkylation sites (tertiary alicyclic amines) is 8. The Morgan fingerprint density at radius 1 is 0.241 bits per heavy atom. The fourth-order valence-corrected chi connectivity index (χ4v) is 27.1. The molecular weight excluding hydrogens is 1660 g/mol. The van der Waals surface area contributed by atoms with Crippen molar-refractivity contribution in [2.24, 2.45) is 15.3 Å². The van der Waals surface area contributed by atoms with Gasteiger partial charge in [0.25, 0.3) is 0 Å². The Kier molecular flexibility index (Phi) is 32.2. The van der Waals surface area contributed by atoms with Gasteiger partial charge in [0.15, 0.2) is 17.5 Å². The number of hydrazine groups is 3. The van der Waals surface area contributed by atoms with E-state index in [1.165, 1.54) is 0 Å². The number of hydrogen-bond acceptors (Lipinski definition) is 26. The molecular formula is C107H205N23O3. The molecule has 133 heavy (non-hydrogen) atoms. The average molecular weight is 1860 g/mol. The number of hydrazone groups is 3. The number of nitrogens with one attached hydrogen (secondary N) is 3. The lowest BCUT2D eigenvalue weighted by molar-refractivity contribution is -0.256. The van der Waals surface area contributed by atoms with Gasteiger partial charge in [0, 0.05) is 183 Å². The lowest BCUT2D eigenvalue weighted by Crippen LogP contribution is -2.64. The third-order valence-electron chi connectivity index (χ3n) is 37.0. The van der Waals surface area contributed by atoms with Gasteiger partial charge in [0.05, 0.1) is 18.3 Å². The quantitative estimate of drug-likeness (QED) is 0.0602. The van der Waals surface area contributed by atoms with Crippen LogP contribution in [0.15, 0.2) is 51.0 Å².